The molecule has 0 aromatic heterocycles. The Labute approximate surface area is 204 Å². The number of methoxy groups -OCH3 is 2. The van der Waals surface area contributed by atoms with Gasteiger partial charge in [0.05, 0.1) is 32.1 Å². The Bertz CT molecular complexity index is 1080. The topological polar surface area (TPSA) is 125 Å². The monoisotopic (exact) mass is 485 g/mol. The Morgan fingerprint density at radius 3 is 2.46 bits per heavy atom. The second-order valence-corrected chi connectivity index (χ2v) is 7.44. The molecule has 2 aromatic rings. The third-order valence-electron chi connectivity index (χ3n) is 4.93. The standard InChI is InChI=1S/C25H31N3O7/c1-6-7-12-34-25(31)27-19-10-11-21(26-3)20(15-19)22(28-35-16(2)29)13-17-8-9-18(24(30)33-5)14-23(17)32-4/h8-11,14-15,26H,6-7,12-13H2,1-5H3,(H,27,31)/b28-22+. The van der Waals surface area contributed by atoms with E-state index in [2.05, 4.69) is 15.8 Å². The summed E-state index contributed by atoms with van der Waals surface area (Å²) in [4.78, 5) is 40.5. The zero-order valence-corrected chi connectivity index (χ0v) is 20.6. The molecule has 10 heteroatoms. The molecule has 2 aromatic carbocycles. The van der Waals surface area contributed by atoms with Crippen LogP contribution in [0.25, 0.3) is 0 Å². The van der Waals surface area contributed by atoms with Gasteiger partial charge >= 0.3 is 18.0 Å². The summed E-state index contributed by atoms with van der Waals surface area (Å²) in [5, 5.41) is 9.84. The number of unbranched alkanes of at least 4 members (excludes halogenated alkanes) is 1. The quantitative estimate of drug-likeness (QED) is 0.158. The third-order valence-corrected chi connectivity index (χ3v) is 4.93. The van der Waals surface area contributed by atoms with E-state index in [-0.39, 0.29) is 6.42 Å². The van der Waals surface area contributed by atoms with Crippen LogP contribution in [0.3, 0.4) is 0 Å². The molecule has 35 heavy (non-hydrogen) atoms. The van der Waals surface area contributed by atoms with Gasteiger partial charge in [-0.1, -0.05) is 24.6 Å². The number of hydrogen-bond acceptors (Lipinski definition) is 9. The van der Waals surface area contributed by atoms with Crippen molar-refractivity contribution in [2.45, 2.75) is 33.1 Å². The Kier molecular flexibility index (Phi) is 10.5. The Morgan fingerprint density at radius 2 is 1.83 bits per heavy atom. The summed E-state index contributed by atoms with van der Waals surface area (Å²) in [6.07, 6.45) is 1.30. The molecule has 10 nitrogen and oxygen atoms in total. The molecule has 188 valence electrons. The minimum Gasteiger partial charge on any atom is -0.496 e. The molecule has 0 spiro atoms. The largest absolute Gasteiger partial charge is 0.496 e. The first-order valence-corrected chi connectivity index (χ1v) is 11.1. The number of carbonyl (C=O) groups is 3. The van der Waals surface area contributed by atoms with Crippen LogP contribution in [0.1, 0.15) is 48.2 Å². The molecular formula is C25H31N3O7. The highest BCUT2D eigenvalue weighted by Crippen LogP contribution is 2.27. The van der Waals surface area contributed by atoms with Gasteiger partial charge in [0.1, 0.15) is 5.75 Å². The van der Waals surface area contributed by atoms with Gasteiger partial charge in [0.25, 0.3) is 0 Å². The van der Waals surface area contributed by atoms with E-state index in [9.17, 15) is 14.4 Å². The highest BCUT2D eigenvalue weighted by molar-refractivity contribution is 6.07. The van der Waals surface area contributed by atoms with Crippen molar-refractivity contribution in [2.75, 3.05) is 38.5 Å². The average Bonchev–Trinajstić information content (AvgIpc) is 2.86. The first-order valence-electron chi connectivity index (χ1n) is 11.1. The lowest BCUT2D eigenvalue weighted by Crippen LogP contribution is -2.16. The molecule has 0 bridgehead atoms. The van der Waals surface area contributed by atoms with E-state index in [0.717, 1.165) is 12.8 Å². The Morgan fingerprint density at radius 1 is 1.06 bits per heavy atom. The number of oxime groups is 1. The van der Waals surface area contributed by atoms with Gasteiger partial charge in [-0.15, -0.1) is 0 Å². The van der Waals surface area contributed by atoms with Crippen LogP contribution in [-0.4, -0.2) is 51.6 Å². The summed E-state index contributed by atoms with van der Waals surface area (Å²) in [6, 6.07) is 10.1. The summed E-state index contributed by atoms with van der Waals surface area (Å²) >= 11 is 0. The maximum absolute atomic E-state index is 12.1. The van der Waals surface area contributed by atoms with Crippen LogP contribution < -0.4 is 15.4 Å². The predicted octanol–water partition coefficient (Wildman–Crippen LogP) is 4.38. The van der Waals surface area contributed by atoms with E-state index in [0.29, 0.717) is 46.1 Å². The van der Waals surface area contributed by atoms with Crippen LogP contribution in [0, 0.1) is 0 Å². The first kappa shape index (κ1) is 27.2. The van der Waals surface area contributed by atoms with E-state index in [4.69, 9.17) is 19.0 Å². The molecular weight excluding hydrogens is 454 g/mol. The summed E-state index contributed by atoms with van der Waals surface area (Å²) in [5.74, 6) is -0.649. The minimum absolute atomic E-state index is 0.191. The fraction of sp³-hybridized carbons (Fsp3) is 0.360. The van der Waals surface area contributed by atoms with Crippen molar-refractivity contribution in [3.8, 4) is 5.75 Å². The predicted molar refractivity (Wildman–Crippen MR) is 132 cm³/mol. The molecule has 0 fully saturated rings. The van der Waals surface area contributed by atoms with Gasteiger partial charge < -0.3 is 24.4 Å². The number of ether oxygens (including phenoxy) is 3. The molecule has 0 aliphatic heterocycles. The molecule has 0 aliphatic rings. The summed E-state index contributed by atoms with van der Waals surface area (Å²) in [6.45, 7) is 3.58. The molecule has 2 rings (SSSR count). The summed E-state index contributed by atoms with van der Waals surface area (Å²) < 4.78 is 15.4. The molecule has 0 saturated heterocycles. The molecule has 0 heterocycles. The number of anilines is 2. The van der Waals surface area contributed by atoms with Gasteiger partial charge in [0.2, 0.25) is 0 Å². The van der Waals surface area contributed by atoms with E-state index >= 15 is 0 Å². The van der Waals surface area contributed by atoms with Gasteiger partial charge in [-0.25, -0.2) is 14.4 Å². The zero-order valence-electron chi connectivity index (χ0n) is 20.6. The maximum atomic E-state index is 12.1. The average molecular weight is 486 g/mol. The van der Waals surface area contributed by atoms with Crippen molar-refractivity contribution in [1.82, 2.24) is 0 Å². The molecule has 1 amide bonds. The number of benzene rings is 2. The van der Waals surface area contributed by atoms with Gasteiger partial charge in [-0.05, 0) is 36.8 Å². The minimum atomic E-state index is -0.588. The van der Waals surface area contributed by atoms with E-state index < -0.39 is 18.0 Å². The van der Waals surface area contributed by atoms with E-state index in [1.165, 1.54) is 21.1 Å². The van der Waals surface area contributed by atoms with E-state index in [1.807, 2.05) is 6.92 Å². The number of nitrogens with zero attached hydrogens (tertiary/aromatic N) is 1. The first-order chi connectivity index (χ1) is 16.8. The lowest BCUT2D eigenvalue weighted by Gasteiger charge is -2.16. The van der Waals surface area contributed by atoms with Crippen molar-refractivity contribution < 1.29 is 33.4 Å². The van der Waals surface area contributed by atoms with Crippen molar-refractivity contribution in [2.24, 2.45) is 5.16 Å². The molecule has 2 N–H and O–H groups in total. The number of esters is 1. The fourth-order valence-electron chi connectivity index (χ4n) is 3.15. The van der Waals surface area contributed by atoms with Crippen molar-refractivity contribution in [3.63, 3.8) is 0 Å². The van der Waals surface area contributed by atoms with Gasteiger partial charge in [-0.2, -0.15) is 0 Å². The fourth-order valence-corrected chi connectivity index (χ4v) is 3.15. The number of hydrogen-bond donors (Lipinski definition) is 2. The van der Waals surface area contributed by atoms with Crippen molar-refractivity contribution >= 4 is 35.1 Å². The molecule has 0 aliphatic carbocycles. The lowest BCUT2D eigenvalue weighted by molar-refractivity contribution is -0.140. The van der Waals surface area contributed by atoms with E-state index in [1.54, 1.807) is 43.4 Å². The Hall–Kier alpha value is -4.08. The number of amides is 1. The number of nitrogens with one attached hydrogen (secondary N) is 2. The van der Waals surface area contributed by atoms with Crippen LogP contribution in [0.5, 0.6) is 5.75 Å². The molecule has 0 atom stereocenters. The number of rotatable bonds is 11. The SMILES string of the molecule is CCCCOC(=O)Nc1ccc(NC)c(/C(Cc2ccc(C(=O)OC)cc2OC)=N/OC(C)=O)c1. The van der Waals surface area contributed by atoms with Crippen molar-refractivity contribution in [1.29, 1.82) is 0 Å². The maximum Gasteiger partial charge on any atom is 0.411 e. The van der Waals surface area contributed by atoms with Crippen molar-refractivity contribution in [3.05, 3.63) is 53.1 Å². The van der Waals surface area contributed by atoms with Gasteiger partial charge in [0.15, 0.2) is 0 Å². The molecule has 0 saturated carbocycles. The molecule has 0 radical (unpaired) electrons. The normalized spacial score (nSPS) is 10.8. The van der Waals surface area contributed by atoms with Crippen LogP contribution in [0.15, 0.2) is 41.6 Å². The lowest BCUT2D eigenvalue weighted by atomic mass is 9.98. The number of carbonyl (C=O) groups excluding carboxylic acids is 3. The van der Waals surface area contributed by atoms with Gasteiger partial charge in [0, 0.05) is 42.9 Å². The second-order valence-electron chi connectivity index (χ2n) is 7.44. The van der Waals surface area contributed by atoms with Crippen LogP contribution in [0.4, 0.5) is 16.2 Å². The zero-order chi connectivity index (χ0) is 25.8. The molecule has 0 unspecified atom stereocenters. The Balaban J connectivity index is 2.44. The smallest absolute Gasteiger partial charge is 0.411 e. The highest BCUT2D eigenvalue weighted by Gasteiger charge is 2.18. The summed E-state index contributed by atoms with van der Waals surface area (Å²) in [7, 11) is 4.52. The second kappa shape index (κ2) is 13.6. The van der Waals surface area contributed by atoms with Gasteiger partial charge in [-0.3, -0.25) is 5.32 Å². The third kappa shape index (κ3) is 8.02. The van der Waals surface area contributed by atoms with Crippen LogP contribution in [0.2, 0.25) is 0 Å². The van der Waals surface area contributed by atoms with Crippen LogP contribution >= 0.6 is 0 Å². The highest BCUT2D eigenvalue weighted by atomic mass is 16.7. The summed E-state index contributed by atoms with van der Waals surface area (Å²) in [5.41, 5.74) is 3.14. The van der Waals surface area contributed by atoms with Crippen LogP contribution in [-0.2, 0) is 25.5 Å².